The molecule has 0 radical (unpaired) electrons. The summed E-state index contributed by atoms with van der Waals surface area (Å²) in [6.45, 7) is 6.36. The minimum atomic E-state index is -3.75. The molecule has 29 heavy (non-hydrogen) atoms. The summed E-state index contributed by atoms with van der Waals surface area (Å²) >= 11 is 0. The predicted molar refractivity (Wildman–Crippen MR) is 105 cm³/mol. The van der Waals surface area contributed by atoms with Gasteiger partial charge in [0, 0.05) is 13.1 Å². The largest absolute Gasteiger partial charge is 0.490 e. The Balaban J connectivity index is 1.75. The van der Waals surface area contributed by atoms with Crippen molar-refractivity contribution >= 4 is 22.1 Å². The fourth-order valence-electron chi connectivity index (χ4n) is 2.81. The first kappa shape index (κ1) is 23.0. The number of amides is 1. The number of carbonyl (C=O) groups is 2. The van der Waals surface area contributed by atoms with Gasteiger partial charge in [-0.25, -0.2) is 18.4 Å². The summed E-state index contributed by atoms with van der Waals surface area (Å²) in [7, 11) is -3.75. The Kier molecular flexibility index (Phi) is 7.48. The SMILES string of the molecule is CC(C)(C)OC(=O)N1CCC[C@H](C(=O)OCCOc2ccc(S(N)(=O)=O)cc2)C1. The fourth-order valence-corrected chi connectivity index (χ4v) is 3.32. The van der Waals surface area contributed by atoms with Gasteiger partial charge >= 0.3 is 12.1 Å². The Bertz CT molecular complexity index is 816. The number of piperidine rings is 1. The van der Waals surface area contributed by atoms with Crippen molar-refractivity contribution in [2.24, 2.45) is 11.1 Å². The van der Waals surface area contributed by atoms with Crippen molar-refractivity contribution in [1.82, 2.24) is 4.90 Å². The van der Waals surface area contributed by atoms with Crippen LogP contribution in [0.15, 0.2) is 29.2 Å². The van der Waals surface area contributed by atoms with Crippen LogP contribution in [0.25, 0.3) is 0 Å². The van der Waals surface area contributed by atoms with E-state index in [2.05, 4.69) is 0 Å². The number of nitrogens with two attached hydrogens (primary N) is 1. The van der Waals surface area contributed by atoms with Crippen LogP contribution in [-0.2, 0) is 24.3 Å². The molecule has 0 spiro atoms. The second-order valence-corrected chi connectivity index (χ2v) is 9.36. The minimum absolute atomic E-state index is 0.0110. The normalized spacial score (nSPS) is 17.5. The Morgan fingerprint density at radius 1 is 1.17 bits per heavy atom. The molecule has 9 nitrogen and oxygen atoms in total. The van der Waals surface area contributed by atoms with Gasteiger partial charge in [-0.2, -0.15) is 0 Å². The Hall–Kier alpha value is -2.33. The summed E-state index contributed by atoms with van der Waals surface area (Å²) in [6, 6.07) is 5.62. The molecule has 1 saturated heterocycles. The third kappa shape index (κ3) is 7.54. The number of carbonyl (C=O) groups excluding carboxylic acids is 2. The van der Waals surface area contributed by atoms with Crippen LogP contribution >= 0.6 is 0 Å². The number of hydrogen-bond donors (Lipinski definition) is 1. The molecule has 1 aromatic carbocycles. The number of benzene rings is 1. The zero-order chi connectivity index (χ0) is 21.7. The van der Waals surface area contributed by atoms with Crippen LogP contribution in [0.2, 0.25) is 0 Å². The van der Waals surface area contributed by atoms with Crippen LogP contribution in [0.4, 0.5) is 4.79 Å². The molecule has 0 aliphatic carbocycles. The molecule has 0 unspecified atom stereocenters. The molecular formula is C19H28N2O7S. The standard InChI is InChI=1S/C19H28N2O7S/c1-19(2,3)28-18(23)21-10-4-5-14(13-21)17(22)27-12-11-26-15-6-8-16(9-7-15)29(20,24)25/h6-9,14H,4-5,10-13H2,1-3H3,(H2,20,24,25)/t14-/m0/s1. The summed E-state index contributed by atoms with van der Waals surface area (Å²) in [6.07, 6.45) is 0.918. The Labute approximate surface area is 171 Å². The summed E-state index contributed by atoms with van der Waals surface area (Å²) in [5.74, 6) is -0.348. The van der Waals surface area contributed by atoms with E-state index in [-0.39, 0.29) is 30.6 Å². The maximum atomic E-state index is 12.3. The lowest BCUT2D eigenvalue weighted by Gasteiger charge is -2.33. The van der Waals surface area contributed by atoms with Crippen molar-refractivity contribution in [3.8, 4) is 5.75 Å². The summed E-state index contributed by atoms with van der Waals surface area (Å²) in [5.41, 5.74) is -0.589. The molecule has 10 heteroatoms. The highest BCUT2D eigenvalue weighted by Crippen LogP contribution is 2.20. The van der Waals surface area contributed by atoms with E-state index in [0.717, 1.165) is 0 Å². The first-order valence-electron chi connectivity index (χ1n) is 9.36. The van der Waals surface area contributed by atoms with Crippen LogP contribution in [0.1, 0.15) is 33.6 Å². The van der Waals surface area contributed by atoms with Crippen LogP contribution in [0.3, 0.4) is 0 Å². The topological polar surface area (TPSA) is 125 Å². The van der Waals surface area contributed by atoms with Gasteiger partial charge in [-0.3, -0.25) is 4.79 Å². The van der Waals surface area contributed by atoms with Crippen molar-refractivity contribution in [3.05, 3.63) is 24.3 Å². The van der Waals surface area contributed by atoms with Crippen LogP contribution in [-0.4, -0.2) is 57.3 Å². The van der Waals surface area contributed by atoms with E-state index < -0.39 is 27.6 Å². The molecule has 1 amide bonds. The molecule has 2 N–H and O–H groups in total. The lowest BCUT2D eigenvalue weighted by molar-refractivity contribution is -0.151. The van der Waals surface area contributed by atoms with Gasteiger partial charge in [0.05, 0.1) is 10.8 Å². The van der Waals surface area contributed by atoms with E-state index in [1.165, 1.54) is 29.2 Å². The maximum Gasteiger partial charge on any atom is 0.410 e. The highest BCUT2D eigenvalue weighted by Gasteiger charge is 2.31. The third-order valence-corrected chi connectivity index (χ3v) is 5.08. The second kappa shape index (κ2) is 9.45. The highest BCUT2D eigenvalue weighted by molar-refractivity contribution is 7.89. The van der Waals surface area contributed by atoms with E-state index in [0.29, 0.717) is 25.1 Å². The lowest BCUT2D eigenvalue weighted by atomic mass is 9.98. The molecule has 1 aliphatic heterocycles. The number of rotatable bonds is 6. The number of esters is 1. The van der Waals surface area contributed by atoms with Crippen LogP contribution in [0, 0.1) is 5.92 Å². The third-order valence-electron chi connectivity index (χ3n) is 4.16. The number of primary sulfonamides is 1. The molecule has 162 valence electrons. The zero-order valence-corrected chi connectivity index (χ0v) is 17.7. The van der Waals surface area contributed by atoms with Crippen LogP contribution < -0.4 is 9.88 Å². The van der Waals surface area contributed by atoms with Crippen molar-refractivity contribution < 1.29 is 32.2 Å². The summed E-state index contributed by atoms with van der Waals surface area (Å²) in [4.78, 5) is 26.0. The Morgan fingerprint density at radius 3 is 2.41 bits per heavy atom. The molecule has 1 aliphatic rings. The molecule has 0 saturated carbocycles. The fraction of sp³-hybridized carbons (Fsp3) is 0.579. The van der Waals surface area contributed by atoms with Gasteiger partial charge < -0.3 is 19.1 Å². The quantitative estimate of drug-likeness (QED) is 0.542. The molecule has 2 rings (SSSR count). The molecule has 0 aromatic heterocycles. The van der Waals surface area contributed by atoms with Crippen molar-refractivity contribution in [2.75, 3.05) is 26.3 Å². The monoisotopic (exact) mass is 428 g/mol. The number of nitrogens with zero attached hydrogens (tertiary/aromatic N) is 1. The maximum absolute atomic E-state index is 12.3. The first-order valence-corrected chi connectivity index (χ1v) is 10.9. The predicted octanol–water partition coefficient (Wildman–Crippen LogP) is 1.90. The second-order valence-electron chi connectivity index (χ2n) is 7.80. The van der Waals surface area contributed by atoms with Gasteiger partial charge in [0.25, 0.3) is 0 Å². The van der Waals surface area contributed by atoms with Gasteiger partial charge in [0.2, 0.25) is 10.0 Å². The number of sulfonamides is 1. The molecular weight excluding hydrogens is 400 g/mol. The van der Waals surface area contributed by atoms with E-state index >= 15 is 0 Å². The summed E-state index contributed by atoms with van der Waals surface area (Å²) in [5, 5.41) is 5.03. The van der Waals surface area contributed by atoms with Gasteiger partial charge in [0.1, 0.15) is 24.6 Å². The molecule has 0 bridgehead atoms. The number of likely N-dealkylation sites (tertiary alicyclic amines) is 1. The van der Waals surface area contributed by atoms with Crippen molar-refractivity contribution in [3.63, 3.8) is 0 Å². The van der Waals surface area contributed by atoms with E-state index in [9.17, 15) is 18.0 Å². The molecule has 1 aromatic rings. The number of hydrogen-bond acceptors (Lipinski definition) is 7. The van der Waals surface area contributed by atoms with Gasteiger partial charge in [-0.1, -0.05) is 0 Å². The van der Waals surface area contributed by atoms with Gasteiger partial charge in [-0.05, 0) is 57.9 Å². The van der Waals surface area contributed by atoms with E-state index in [4.69, 9.17) is 19.3 Å². The van der Waals surface area contributed by atoms with Crippen molar-refractivity contribution in [1.29, 1.82) is 0 Å². The van der Waals surface area contributed by atoms with Crippen molar-refractivity contribution in [2.45, 2.75) is 44.1 Å². The first-order chi connectivity index (χ1) is 13.5. The minimum Gasteiger partial charge on any atom is -0.490 e. The van der Waals surface area contributed by atoms with Gasteiger partial charge in [-0.15, -0.1) is 0 Å². The van der Waals surface area contributed by atoms with E-state index in [1.807, 2.05) is 0 Å². The van der Waals surface area contributed by atoms with Crippen LogP contribution in [0.5, 0.6) is 5.75 Å². The average molecular weight is 429 g/mol. The molecule has 1 atom stereocenters. The molecule has 1 heterocycles. The highest BCUT2D eigenvalue weighted by atomic mass is 32.2. The van der Waals surface area contributed by atoms with E-state index in [1.54, 1.807) is 20.8 Å². The average Bonchev–Trinajstić information content (AvgIpc) is 2.63. The smallest absolute Gasteiger partial charge is 0.410 e. The lowest BCUT2D eigenvalue weighted by Crippen LogP contribution is -2.45. The summed E-state index contributed by atoms with van der Waals surface area (Å²) < 4.78 is 38.5. The molecule has 1 fully saturated rings. The number of ether oxygens (including phenoxy) is 3. The zero-order valence-electron chi connectivity index (χ0n) is 16.9. The van der Waals surface area contributed by atoms with Gasteiger partial charge in [0.15, 0.2) is 0 Å². The Morgan fingerprint density at radius 2 is 1.83 bits per heavy atom.